The van der Waals surface area contributed by atoms with Crippen LogP contribution >= 0.6 is 0 Å². The van der Waals surface area contributed by atoms with Gasteiger partial charge in [0.05, 0.1) is 18.8 Å². The van der Waals surface area contributed by atoms with Crippen LogP contribution in [0.15, 0.2) is 24.3 Å². The largest absolute Gasteiger partial charge is 0.385 e. The fourth-order valence-corrected chi connectivity index (χ4v) is 3.09. The molecule has 1 aliphatic carbocycles. The minimum Gasteiger partial charge on any atom is -0.385 e. The quantitative estimate of drug-likeness (QED) is 0.801. The summed E-state index contributed by atoms with van der Waals surface area (Å²) in [7, 11) is 0. The number of hydrogen-bond donors (Lipinski definition) is 1. The molecule has 0 bridgehead atoms. The Morgan fingerprint density at radius 1 is 1.29 bits per heavy atom. The summed E-state index contributed by atoms with van der Waals surface area (Å²) in [5.41, 5.74) is 1.70. The third-order valence-electron chi connectivity index (χ3n) is 3.98. The van der Waals surface area contributed by atoms with E-state index in [1.807, 2.05) is 13.0 Å². The summed E-state index contributed by atoms with van der Waals surface area (Å²) < 4.78 is 5.40. The van der Waals surface area contributed by atoms with Crippen molar-refractivity contribution < 1.29 is 9.84 Å². The number of ether oxygens (including phenoxy) is 1. The molecule has 1 N–H and O–H groups in total. The van der Waals surface area contributed by atoms with Gasteiger partial charge in [-0.3, -0.25) is 4.90 Å². The Labute approximate surface area is 102 Å². The second-order valence-electron chi connectivity index (χ2n) is 5.23. The third-order valence-corrected chi connectivity index (χ3v) is 3.98. The van der Waals surface area contributed by atoms with Gasteiger partial charge in [0, 0.05) is 19.1 Å². The predicted octanol–water partition coefficient (Wildman–Crippen LogP) is 1.67. The maximum Gasteiger partial charge on any atom is 0.0890 e. The predicted molar refractivity (Wildman–Crippen MR) is 65.8 cm³/mol. The van der Waals surface area contributed by atoms with E-state index in [2.05, 4.69) is 23.1 Å². The molecular formula is C14H19NO2. The first-order chi connectivity index (χ1) is 8.18. The zero-order valence-electron chi connectivity index (χ0n) is 10.2. The second kappa shape index (κ2) is 4.09. The fourth-order valence-electron chi connectivity index (χ4n) is 3.09. The molecule has 92 valence electrons. The van der Waals surface area contributed by atoms with Gasteiger partial charge in [0.25, 0.3) is 0 Å². The molecular weight excluding hydrogens is 214 g/mol. The number of hydrogen-bond acceptors (Lipinski definition) is 3. The van der Waals surface area contributed by atoms with Crippen molar-refractivity contribution in [3.63, 3.8) is 0 Å². The number of benzene rings is 1. The van der Waals surface area contributed by atoms with Crippen molar-refractivity contribution in [3.8, 4) is 0 Å². The lowest BCUT2D eigenvalue weighted by Gasteiger charge is -2.33. The minimum atomic E-state index is -0.681. The van der Waals surface area contributed by atoms with Gasteiger partial charge >= 0.3 is 0 Å². The van der Waals surface area contributed by atoms with Gasteiger partial charge in [0.1, 0.15) is 0 Å². The van der Waals surface area contributed by atoms with Crippen LogP contribution in [0.1, 0.15) is 30.5 Å². The van der Waals surface area contributed by atoms with E-state index in [9.17, 15) is 5.11 Å². The standard InChI is InChI=1S/C14H19NO2/c1-14(16)10-13(15-6-8-17-9-7-15)11-4-2-3-5-12(11)14/h2-5,13,16H,6-10H2,1H3/t13-,14-/m0/s1. The molecule has 0 radical (unpaired) electrons. The van der Waals surface area contributed by atoms with Crippen LogP contribution in [0, 0.1) is 0 Å². The molecule has 0 amide bonds. The first kappa shape index (κ1) is 11.2. The molecule has 1 fully saturated rings. The van der Waals surface area contributed by atoms with E-state index >= 15 is 0 Å². The van der Waals surface area contributed by atoms with E-state index in [0.29, 0.717) is 6.04 Å². The van der Waals surface area contributed by atoms with Gasteiger partial charge in [0.15, 0.2) is 0 Å². The molecule has 1 aromatic carbocycles. The maximum absolute atomic E-state index is 10.5. The molecule has 1 saturated heterocycles. The lowest BCUT2D eigenvalue weighted by atomic mass is 9.99. The van der Waals surface area contributed by atoms with E-state index in [1.165, 1.54) is 5.56 Å². The Hall–Kier alpha value is -0.900. The summed E-state index contributed by atoms with van der Waals surface area (Å²) in [4.78, 5) is 2.43. The zero-order valence-corrected chi connectivity index (χ0v) is 10.2. The van der Waals surface area contributed by atoms with E-state index in [4.69, 9.17) is 4.74 Å². The molecule has 0 spiro atoms. The smallest absolute Gasteiger partial charge is 0.0890 e. The van der Waals surface area contributed by atoms with Crippen LogP contribution in [-0.2, 0) is 10.3 Å². The summed E-state index contributed by atoms with van der Waals surface area (Å²) in [6, 6.07) is 8.63. The highest BCUT2D eigenvalue weighted by molar-refractivity contribution is 5.39. The first-order valence-corrected chi connectivity index (χ1v) is 6.32. The number of morpholine rings is 1. The van der Waals surface area contributed by atoms with Crippen LogP contribution in [0.5, 0.6) is 0 Å². The van der Waals surface area contributed by atoms with Crippen molar-refractivity contribution in [3.05, 3.63) is 35.4 Å². The summed E-state index contributed by atoms with van der Waals surface area (Å²) in [5.74, 6) is 0. The van der Waals surface area contributed by atoms with Crippen molar-refractivity contribution in [2.24, 2.45) is 0 Å². The maximum atomic E-state index is 10.5. The highest BCUT2D eigenvalue weighted by Gasteiger charge is 2.41. The first-order valence-electron chi connectivity index (χ1n) is 6.32. The van der Waals surface area contributed by atoms with Gasteiger partial charge in [-0.25, -0.2) is 0 Å². The molecule has 0 saturated carbocycles. The van der Waals surface area contributed by atoms with Crippen LogP contribution in [0.25, 0.3) is 0 Å². The van der Waals surface area contributed by atoms with Gasteiger partial charge in [-0.15, -0.1) is 0 Å². The van der Waals surface area contributed by atoms with Gasteiger partial charge < -0.3 is 9.84 Å². The Morgan fingerprint density at radius 3 is 2.76 bits per heavy atom. The lowest BCUT2D eigenvalue weighted by molar-refractivity contribution is -0.00892. The van der Waals surface area contributed by atoms with Crippen LogP contribution in [0.4, 0.5) is 0 Å². The van der Waals surface area contributed by atoms with Crippen LogP contribution in [0.2, 0.25) is 0 Å². The number of aliphatic hydroxyl groups is 1. The van der Waals surface area contributed by atoms with E-state index < -0.39 is 5.60 Å². The summed E-state index contributed by atoms with van der Waals surface area (Å²) >= 11 is 0. The molecule has 1 heterocycles. The van der Waals surface area contributed by atoms with Crippen molar-refractivity contribution in [2.75, 3.05) is 26.3 Å². The molecule has 0 unspecified atom stereocenters. The molecule has 2 aliphatic rings. The molecule has 3 heteroatoms. The number of nitrogens with zero attached hydrogens (tertiary/aromatic N) is 1. The molecule has 2 atom stereocenters. The molecule has 3 rings (SSSR count). The van der Waals surface area contributed by atoms with Gasteiger partial charge in [0.2, 0.25) is 0 Å². The highest BCUT2D eigenvalue weighted by Crippen LogP contribution is 2.45. The van der Waals surface area contributed by atoms with E-state index in [1.54, 1.807) is 0 Å². The monoisotopic (exact) mass is 233 g/mol. The Morgan fingerprint density at radius 2 is 2.00 bits per heavy atom. The normalized spacial score (nSPS) is 33.6. The van der Waals surface area contributed by atoms with E-state index in [0.717, 1.165) is 38.3 Å². The van der Waals surface area contributed by atoms with Gasteiger partial charge in [-0.05, 0) is 24.5 Å². The fraction of sp³-hybridized carbons (Fsp3) is 0.571. The molecule has 1 aromatic rings. The van der Waals surface area contributed by atoms with Crippen molar-refractivity contribution in [1.29, 1.82) is 0 Å². The average molecular weight is 233 g/mol. The van der Waals surface area contributed by atoms with Crippen molar-refractivity contribution in [1.82, 2.24) is 4.90 Å². The SMILES string of the molecule is C[C@]1(O)C[C@H](N2CCOCC2)c2ccccc21. The van der Waals surface area contributed by atoms with E-state index in [-0.39, 0.29) is 0 Å². The Kier molecular flexibility index (Phi) is 2.69. The minimum absolute atomic E-state index is 0.352. The van der Waals surface area contributed by atoms with Crippen molar-refractivity contribution >= 4 is 0 Å². The Bertz CT molecular complexity index is 410. The average Bonchev–Trinajstić information content (AvgIpc) is 2.64. The molecule has 0 aromatic heterocycles. The van der Waals surface area contributed by atoms with Crippen LogP contribution in [-0.4, -0.2) is 36.3 Å². The zero-order chi connectivity index (χ0) is 11.9. The molecule has 1 aliphatic heterocycles. The van der Waals surface area contributed by atoms with Crippen molar-refractivity contribution in [2.45, 2.75) is 25.0 Å². The van der Waals surface area contributed by atoms with Crippen LogP contribution in [0.3, 0.4) is 0 Å². The van der Waals surface area contributed by atoms with Gasteiger partial charge in [-0.1, -0.05) is 24.3 Å². The summed E-state index contributed by atoms with van der Waals surface area (Å²) in [6.07, 6.45) is 0.798. The highest BCUT2D eigenvalue weighted by atomic mass is 16.5. The molecule has 17 heavy (non-hydrogen) atoms. The summed E-state index contributed by atoms with van der Waals surface area (Å²) in [6.45, 7) is 5.47. The second-order valence-corrected chi connectivity index (χ2v) is 5.23. The third kappa shape index (κ3) is 1.88. The topological polar surface area (TPSA) is 32.7 Å². The summed E-state index contributed by atoms with van der Waals surface area (Å²) in [5, 5.41) is 10.5. The lowest BCUT2D eigenvalue weighted by Crippen LogP contribution is -2.38. The number of rotatable bonds is 1. The molecule has 3 nitrogen and oxygen atoms in total. The Balaban J connectivity index is 1.93. The van der Waals surface area contributed by atoms with Gasteiger partial charge in [-0.2, -0.15) is 0 Å². The van der Waals surface area contributed by atoms with Crippen LogP contribution < -0.4 is 0 Å². The number of fused-ring (bicyclic) bond motifs is 1.